The predicted octanol–water partition coefficient (Wildman–Crippen LogP) is 4.37. The second-order valence-electron chi connectivity index (χ2n) is 5.57. The van der Waals surface area contributed by atoms with Crippen LogP contribution in [0.25, 0.3) is 6.08 Å². The normalized spacial score (nSPS) is 17.9. The first-order chi connectivity index (χ1) is 11.0. The van der Waals surface area contributed by atoms with Crippen LogP contribution in [-0.2, 0) is 4.79 Å². The number of nitrogens with zero attached hydrogens (tertiary/aromatic N) is 2. The molecule has 1 aromatic carbocycles. The molecule has 0 bridgehead atoms. The molecule has 23 heavy (non-hydrogen) atoms. The van der Waals surface area contributed by atoms with Gasteiger partial charge < -0.3 is 4.90 Å². The highest BCUT2D eigenvalue weighted by Crippen LogP contribution is 2.34. The molecule has 1 aliphatic rings. The molecule has 0 aliphatic carbocycles. The summed E-state index contributed by atoms with van der Waals surface area (Å²) >= 11 is 1.03. The maximum absolute atomic E-state index is 12.4. The van der Waals surface area contributed by atoms with E-state index in [2.05, 4.69) is 30.9 Å². The maximum Gasteiger partial charge on any atom is 0.293 e. The Bertz CT molecular complexity index is 606. The molecule has 124 valence electrons. The zero-order chi connectivity index (χ0) is 17.0. The van der Waals surface area contributed by atoms with Crippen molar-refractivity contribution in [3.63, 3.8) is 0 Å². The van der Waals surface area contributed by atoms with Crippen molar-refractivity contribution in [1.29, 1.82) is 0 Å². The molecular formula is C18H24N2O2S. The highest BCUT2D eigenvalue weighted by molar-refractivity contribution is 8.18. The smallest absolute Gasteiger partial charge is 0.293 e. The molecule has 4 nitrogen and oxygen atoms in total. The number of carbonyl (C=O) groups is 2. The molecule has 0 radical (unpaired) electrons. The molecule has 2 amide bonds. The summed E-state index contributed by atoms with van der Waals surface area (Å²) < 4.78 is 0. The lowest BCUT2D eigenvalue weighted by atomic mass is 10.1. The Labute approximate surface area is 142 Å². The summed E-state index contributed by atoms with van der Waals surface area (Å²) in [5.41, 5.74) is 2.11. The van der Waals surface area contributed by atoms with Crippen LogP contribution in [-0.4, -0.2) is 35.2 Å². The number of hydrogen-bond donors (Lipinski definition) is 0. The average Bonchev–Trinajstić information content (AvgIpc) is 2.83. The van der Waals surface area contributed by atoms with Crippen LogP contribution in [0.1, 0.15) is 39.7 Å². The Morgan fingerprint density at radius 1 is 1.13 bits per heavy atom. The second kappa shape index (κ2) is 7.68. The zero-order valence-electron chi connectivity index (χ0n) is 14.2. The van der Waals surface area contributed by atoms with Crippen LogP contribution in [0.5, 0.6) is 0 Å². The van der Waals surface area contributed by atoms with Crippen LogP contribution < -0.4 is 4.90 Å². The first kappa shape index (κ1) is 17.6. The summed E-state index contributed by atoms with van der Waals surface area (Å²) in [6, 6.07) is 8.03. The standard InChI is InChI=1S/C18H24N2O2S/c1-5-13(4)20-17(21)16(23-18(20)22)12-14-8-10-15(11-9-14)19(6-2)7-3/h8-13H,5-7H2,1-4H3/t13-/m0/s1. The minimum atomic E-state index is -0.179. The fourth-order valence-corrected chi connectivity index (χ4v) is 3.49. The van der Waals surface area contributed by atoms with Crippen molar-refractivity contribution in [3.05, 3.63) is 34.7 Å². The van der Waals surface area contributed by atoms with E-state index in [1.54, 1.807) is 6.08 Å². The fourth-order valence-electron chi connectivity index (χ4n) is 2.56. The van der Waals surface area contributed by atoms with Crippen molar-refractivity contribution < 1.29 is 9.59 Å². The molecule has 1 fully saturated rings. The topological polar surface area (TPSA) is 40.6 Å². The number of anilines is 1. The summed E-state index contributed by atoms with van der Waals surface area (Å²) in [6.07, 6.45) is 2.57. The summed E-state index contributed by atoms with van der Waals surface area (Å²) in [6.45, 7) is 10.1. The Balaban J connectivity index is 2.19. The lowest BCUT2D eigenvalue weighted by Crippen LogP contribution is -2.36. The van der Waals surface area contributed by atoms with Gasteiger partial charge in [-0.15, -0.1) is 0 Å². The van der Waals surface area contributed by atoms with Crippen molar-refractivity contribution in [2.24, 2.45) is 0 Å². The number of imide groups is 1. The first-order valence-corrected chi connectivity index (χ1v) is 8.95. The quantitative estimate of drug-likeness (QED) is 0.725. The molecule has 2 rings (SSSR count). The molecule has 1 heterocycles. The van der Waals surface area contributed by atoms with Crippen LogP contribution in [0.2, 0.25) is 0 Å². The van der Waals surface area contributed by atoms with Crippen molar-refractivity contribution in [3.8, 4) is 0 Å². The fraction of sp³-hybridized carbons (Fsp3) is 0.444. The molecule has 1 atom stereocenters. The van der Waals surface area contributed by atoms with Crippen LogP contribution in [0.15, 0.2) is 29.2 Å². The van der Waals surface area contributed by atoms with Gasteiger partial charge in [-0.2, -0.15) is 0 Å². The summed E-state index contributed by atoms with van der Waals surface area (Å²) in [7, 11) is 0. The van der Waals surface area contributed by atoms with Gasteiger partial charge in [0.05, 0.1) is 4.91 Å². The third kappa shape index (κ3) is 3.78. The SMILES string of the molecule is CC[C@H](C)N1C(=O)SC(=Cc2ccc(N(CC)CC)cc2)C1=O. The molecule has 0 spiro atoms. The van der Waals surface area contributed by atoms with Gasteiger partial charge in [-0.1, -0.05) is 19.1 Å². The van der Waals surface area contributed by atoms with Gasteiger partial charge in [0.1, 0.15) is 0 Å². The molecule has 1 aliphatic heterocycles. The molecule has 0 saturated carbocycles. The third-order valence-electron chi connectivity index (χ3n) is 4.17. The number of carbonyl (C=O) groups excluding carboxylic acids is 2. The van der Waals surface area contributed by atoms with Gasteiger partial charge in [0.15, 0.2) is 0 Å². The number of amides is 2. The summed E-state index contributed by atoms with van der Waals surface area (Å²) in [5, 5.41) is -0.171. The lowest BCUT2D eigenvalue weighted by Gasteiger charge is -2.21. The Morgan fingerprint density at radius 3 is 2.26 bits per heavy atom. The van der Waals surface area contributed by atoms with E-state index in [0.29, 0.717) is 4.91 Å². The van der Waals surface area contributed by atoms with Crippen molar-refractivity contribution in [1.82, 2.24) is 4.90 Å². The molecule has 1 saturated heterocycles. The Morgan fingerprint density at radius 2 is 1.74 bits per heavy atom. The van der Waals surface area contributed by atoms with E-state index >= 15 is 0 Å². The van der Waals surface area contributed by atoms with Gasteiger partial charge in [0.25, 0.3) is 11.1 Å². The number of benzene rings is 1. The Hall–Kier alpha value is -1.75. The molecule has 0 N–H and O–H groups in total. The molecule has 5 heteroatoms. The third-order valence-corrected chi connectivity index (χ3v) is 5.06. The van der Waals surface area contributed by atoms with Crippen molar-refractivity contribution in [2.45, 2.75) is 40.2 Å². The van der Waals surface area contributed by atoms with Crippen LogP contribution in [0, 0.1) is 0 Å². The van der Waals surface area contributed by atoms with Crippen molar-refractivity contribution >= 4 is 34.7 Å². The van der Waals surface area contributed by atoms with Gasteiger partial charge >= 0.3 is 0 Å². The molecular weight excluding hydrogens is 308 g/mol. The van der Waals surface area contributed by atoms with Gasteiger partial charge in [0.2, 0.25) is 0 Å². The van der Waals surface area contributed by atoms with E-state index in [1.165, 1.54) is 10.6 Å². The predicted molar refractivity (Wildman–Crippen MR) is 97.6 cm³/mol. The lowest BCUT2D eigenvalue weighted by molar-refractivity contribution is -0.124. The van der Waals surface area contributed by atoms with Crippen LogP contribution >= 0.6 is 11.8 Å². The largest absolute Gasteiger partial charge is 0.372 e. The van der Waals surface area contributed by atoms with E-state index in [0.717, 1.165) is 36.8 Å². The summed E-state index contributed by atoms with van der Waals surface area (Å²) in [4.78, 5) is 28.6. The maximum atomic E-state index is 12.4. The minimum Gasteiger partial charge on any atom is -0.372 e. The average molecular weight is 332 g/mol. The first-order valence-electron chi connectivity index (χ1n) is 8.13. The van der Waals surface area contributed by atoms with E-state index < -0.39 is 0 Å². The number of hydrogen-bond acceptors (Lipinski definition) is 4. The number of rotatable bonds is 6. The van der Waals surface area contributed by atoms with E-state index in [4.69, 9.17) is 0 Å². The number of thioether (sulfide) groups is 1. The second-order valence-corrected chi connectivity index (χ2v) is 6.57. The molecule has 0 unspecified atom stereocenters. The summed E-state index contributed by atoms with van der Waals surface area (Å²) in [5.74, 6) is -0.179. The van der Waals surface area contributed by atoms with Gasteiger partial charge in [-0.3, -0.25) is 14.5 Å². The minimum absolute atomic E-state index is 0.0570. The highest BCUT2D eigenvalue weighted by Gasteiger charge is 2.37. The van der Waals surface area contributed by atoms with Gasteiger partial charge in [-0.25, -0.2) is 0 Å². The zero-order valence-corrected chi connectivity index (χ0v) is 15.0. The van der Waals surface area contributed by atoms with E-state index in [-0.39, 0.29) is 17.2 Å². The Kier molecular flexibility index (Phi) is 5.88. The van der Waals surface area contributed by atoms with Gasteiger partial charge in [-0.05, 0) is 62.7 Å². The van der Waals surface area contributed by atoms with E-state index in [1.807, 2.05) is 26.0 Å². The van der Waals surface area contributed by atoms with Gasteiger partial charge in [0, 0.05) is 24.8 Å². The highest BCUT2D eigenvalue weighted by atomic mass is 32.2. The molecule has 0 aromatic heterocycles. The van der Waals surface area contributed by atoms with E-state index in [9.17, 15) is 9.59 Å². The van der Waals surface area contributed by atoms with Crippen LogP contribution in [0.3, 0.4) is 0 Å². The molecule has 1 aromatic rings. The monoisotopic (exact) mass is 332 g/mol. The van der Waals surface area contributed by atoms with Crippen molar-refractivity contribution in [2.75, 3.05) is 18.0 Å². The van der Waals surface area contributed by atoms with Crippen LogP contribution in [0.4, 0.5) is 10.5 Å².